The highest BCUT2D eigenvalue weighted by Crippen LogP contribution is 2.30. The van der Waals surface area contributed by atoms with Crippen LogP contribution in [0.4, 0.5) is 17.5 Å². The van der Waals surface area contributed by atoms with Crippen molar-refractivity contribution in [3.8, 4) is 5.75 Å². The molecule has 0 bridgehead atoms. The van der Waals surface area contributed by atoms with Crippen molar-refractivity contribution in [2.75, 3.05) is 17.7 Å². The maximum atomic E-state index is 12.3. The van der Waals surface area contributed by atoms with E-state index in [1.54, 1.807) is 24.3 Å². The van der Waals surface area contributed by atoms with Gasteiger partial charge in [0.05, 0.1) is 24.3 Å². The Balaban J connectivity index is 2.02. The van der Waals surface area contributed by atoms with Crippen LogP contribution in [-0.2, 0) is 9.59 Å². The van der Waals surface area contributed by atoms with Gasteiger partial charge in [0.25, 0.3) is 5.56 Å². The first-order valence-corrected chi connectivity index (χ1v) is 7.13. The number of rotatable bonds is 4. The third kappa shape index (κ3) is 2.78. The van der Waals surface area contributed by atoms with Crippen LogP contribution in [0.3, 0.4) is 0 Å². The molecule has 1 aromatic heterocycles. The molecule has 3 rings (SSSR count). The molecule has 124 valence electrons. The maximum Gasteiger partial charge on any atom is 0.258 e. The summed E-state index contributed by atoms with van der Waals surface area (Å²) in [5, 5.41) is 5.41. The number of primary amides is 1. The van der Waals surface area contributed by atoms with Crippen LogP contribution in [0.5, 0.6) is 5.75 Å². The third-order valence-electron chi connectivity index (χ3n) is 3.65. The molecule has 2 aromatic rings. The van der Waals surface area contributed by atoms with Crippen LogP contribution in [0.1, 0.15) is 17.9 Å². The summed E-state index contributed by atoms with van der Waals surface area (Å²) in [7, 11) is 1.52. The predicted molar refractivity (Wildman–Crippen MR) is 86.3 cm³/mol. The van der Waals surface area contributed by atoms with E-state index in [0.29, 0.717) is 11.4 Å². The second kappa shape index (κ2) is 6.03. The summed E-state index contributed by atoms with van der Waals surface area (Å²) in [5.41, 5.74) is 5.38. The molecule has 2 heterocycles. The van der Waals surface area contributed by atoms with Crippen LogP contribution in [0.2, 0.25) is 0 Å². The van der Waals surface area contributed by atoms with E-state index in [1.165, 1.54) is 7.11 Å². The molecule has 0 aliphatic carbocycles. The van der Waals surface area contributed by atoms with Gasteiger partial charge in [-0.1, -0.05) is 12.1 Å². The van der Waals surface area contributed by atoms with E-state index >= 15 is 0 Å². The molecule has 2 amide bonds. The van der Waals surface area contributed by atoms with Crippen LogP contribution in [0, 0.1) is 0 Å². The molecule has 24 heavy (non-hydrogen) atoms. The van der Waals surface area contributed by atoms with Crippen LogP contribution >= 0.6 is 0 Å². The highest BCUT2D eigenvalue weighted by atomic mass is 16.5. The van der Waals surface area contributed by atoms with Gasteiger partial charge in [0.2, 0.25) is 17.8 Å². The second-order valence-corrected chi connectivity index (χ2v) is 5.21. The molecule has 0 fully saturated rings. The summed E-state index contributed by atoms with van der Waals surface area (Å²) >= 11 is 0. The van der Waals surface area contributed by atoms with E-state index in [1.807, 2.05) is 0 Å². The SMILES string of the molecule is COc1ccccc1Nc1nc2c(c(=O)[nH]1)[C@H](C(N)=O)CC(=O)N2. The average molecular weight is 329 g/mol. The van der Waals surface area contributed by atoms with Gasteiger partial charge in [-0.05, 0) is 12.1 Å². The molecule has 9 nitrogen and oxygen atoms in total. The number of aromatic amines is 1. The van der Waals surface area contributed by atoms with Crippen molar-refractivity contribution in [2.45, 2.75) is 12.3 Å². The highest BCUT2D eigenvalue weighted by molar-refractivity contribution is 5.99. The molecule has 0 unspecified atom stereocenters. The second-order valence-electron chi connectivity index (χ2n) is 5.21. The number of hydrogen-bond acceptors (Lipinski definition) is 6. The molecular weight excluding hydrogens is 314 g/mol. The first-order chi connectivity index (χ1) is 11.5. The minimum absolute atomic E-state index is 0.0243. The number of aromatic nitrogens is 2. The Hall–Kier alpha value is -3.36. The van der Waals surface area contributed by atoms with Gasteiger partial charge in [0.15, 0.2) is 0 Å². The van der Waals surface area contributed by atoms with Crippen molar-refractivity contribution in [3.63, 3.8) is 0 Å². The van der Waals surface area contributed by atoms with Gasteiger partial charge in [0.1, 0.15) is 11.6 Å². The summed E-state index contributed by atoms with van der Waals surface area (Å²) in [6, 6.07) is 7.06. The molecule has 0 saturated carbocycles. The smallest absolute Gasteiger partial charge is 0.258 e. The average Bonchev–Trinajstić information content (AvgIpc) is 2.54. The van der Waals surface area contributed by atoms with E-state index in [4.69, 9.17) is 10.5 Å². The van der Waals surface area contributed by atoms with Crippen molar-refractivity contribution >= 4 is 29.3 Å². The van der Waals surface area contributed by atoms with E-state index in [-0.39, 0.29) is 23.8 Å². The number of nitrogens with zero attached hydrogens (tertiary/aromatic N) is 1. The van der Waals surface area contributed by atoms with Crippen molar-refractivity contribution in [3.05, 3.63) is 40.2 Å². The molecule has 0 radical (unpaired) electrons. The highest BCUT2D eigenvalue weighted by Gasteiger charge is 2.33. The minimum Gasteiger partial charge on any atom is -0.495 e. The maximum absolute atomic E-state index is 12.3. The number of benzene rings is 1. The number of carbonyl (C=O) groups is 2. The van der Waals surface area contributed by atoms with Crippen LogP contribution in [0.15, 0.2) is 29.1 Å². The van der Waals surface area contributed by atoms with Crippen molar-refractivity contribution < 1.29 is 14.3 Å². The number of H-pyrrole nitrogens is 1. The fourth-order valence-corrected chi connectivity index (χ4v) is 2.55. The van der Waals surface area contributed by atoms with Crippen molar-refractivity contribution in [1.29, 1.82) is 0 Å². The molecule has 5 N–H and O–H groups in total. The number of nitrogens with two attached hydrogens (primary N) is 1. The number of anilines is 3. The largest absolute Gasteiger partial charge is 0.495 e. The lowest BCUT2D eigenvalue weighted by molar-refractivity contribution is -0.124. The predicted octanol–water partition coefficient (Wildman–Crippen LogP) is 0.433. The minimum atomic E-state index is -0.995. The van der Waals surface area contributed by atoms with Crippen LogP contribution in [0.25, 0.3) is 0 Å². The first-order valence-electron chi connectivity index (χ1n) is 7.13. The van der Waals surface area contributed by atoms with Gasteiger partial charge in [-0.3, -0.25) is 19.4 Å². The lowest BCUT2D eigenvalue weighted by atomic mass is 9.93. The summed E-state index contributed by atoms with van der Waals surface area (Å²) in [6.07, 6.45) is -0.174. The first kappa shape index (κ1) is 15.5. The standard InChI is InChI=1S/C15H15N5O4/c1-24-9-5-3-2-4-8(9)17-15-19-13-11(14(23)20-15)7(12(16)22)6-10(21)18-13/h2-5,7H,6H2,1H3,(H2,16,22)(H3,17,18,19,20,21,23)/t7-/m1/s1. The van der Waals surface area contributed by atoms with Crippen molar-refractivity contribution in [1.82, 2.24) is 9.97 Å². The lowest BCUT2D eigenvalue weighted by Gasteiger charge is -2.22. The monoisotopic (exact) mass is 329 g/mol. The Morgan fingerprint density at radius 3 is 2.83 bits per heavy atom. The number of methoxy groups -OCH3 is 1. The number of para-hydroxylation sites is 2. The molecular formula is C15H15N5O4. The zero-order valence-electron chi connectivity index (χ0n) is 12.8. The van der Waals surface area contributed by atoms with Gasteiger partial charge in [-0.2, -0.15) is 4.98 Å². The van der Waals surface area contributed by atoms with Gasteiger partial charge in [0, 0.05) is 6.42 Å². The van der Waals surface area contributed by atoms with Crippen molar-refractivity contribution in [2.24, 2.45) is 5.73 Å². The van der Waals surface area contributed by atoms with E-state index in [9.17, 15) is 14.4 Å². The Kier molecular flexibility index (Phi) is 3.90. The van der Waals surface area contributed by atoms with E-state index in [2.05, 4.69) is 20.6 Å². The third-order valence-corrected chi connectivity index (χ3v) is 3.65. The molecule has 1 aliphatic heterocycles. The summed E-state index contributed by atoms with van der Waals surface area (Å²) in [5.74, 6) is -1.48. The fraction of sp³-hybridized carbons (Fsp3) is 0.200. The molecule has 0 saturated heterocycles. The number of hydrogen-bond donors (Lipinski definition) is 4. The number of amides is 2. The number of carbonyl (C=O) groups excluding carboxylic acids is 2. The Bertz CT molecular complexity index is 876. The van der Waals surface area contributed by atoms with Gasteiger partial charge in [-0.25, -0.2) is 0 Å². The Morgan fingerprint density at radius 1 is 1.38 bits per heavy atom. The normalized spacial score (nSPS) is 16.0. The molecule has 1 aliphatic rings. The lowest BCUT2D eigenvalue weighted by Crippen LogP contribution is -2.36. The van der Waals surface area contributed by atoms with Gasteiger partial charge >= 0.3 is 0 Å². The zero-order chi connectivity index (χ0) is 17.3. The van der Waals surface area contributed by atoms with Gasteiger partial charge < -0.3 is 21.1 Å². The summed E-state index contributed by atoms with van der Waals surface area (Å²) in [4.78, 5) is 42.2. The van der Waals surface area contributed by atoms with Crippen LogP contribution < -0.4 is 26.7 Å². The molecule has 1 atom stereocenters. The molecule has 9 heteroatoms. The summed E-state index contributed by atoms with van der Waals surface area (Å²) in [6.45, 7) is 0. The molecule has 0 spiro atoms. The molecule has 1 aromatic carbocycles. The van der Waals surface area contributed by atoms with Gasteiger partial charge in [-0.15, -0.1) is 0 Å². The van der Waals surface area contributed by atoms with E-state index < -0.39 is 23.3 Å². The van der Waals surface area contributed by atoms with E-state index in [0.717, 1.165) is 0 Å². The Labute approximate surface area is 136 Å². The topological polar surface area (TPSA) is 139 Å². The van der Waals surface area contributed by atoms with Crippen LogP contribution in [-0.4, -0.2) is 28.9 Å². The zero-order valence-corrected chi connectivity index (χ0v) is 12.8. The fourth-order valence-electron chi connectivity index (χ4n) is 2.55. The Morgan fingerprint density at radius 2 is 2.12 bits per heavy atom. The number of nitrogens with one attached hydrogen (secondary N) is 3. The number of ether oxygens (including phenoxy) is 1. The number of fused-ring (bicyclic) bond motifs is 1. The quantitative estimate of drug-likeness (QED) is 0.641. The summed E-state index contributed by atoms with van der Waals surface area (Å²) < 4.78 is 5.21.